The zero-order valence-corrected chi connectivity index (χ0v) is 16.4. The number of fused-ring (bicyclic) bond motifs is 1. The van der Waals surface area contributed by atoms with Gasteiger partial charge in [-0.25, -0.2) is 9.55 Å². The molecule has 1 aromatic carbocycles. The van der Waals surface area contributed by atoms with E-state index in [4.69, 9.17) is 23.2 Å². The lowest BCUT2D eigenvalue weighted by molar-refractivity contribution is -0.199. The quantitative estimate of drug-likeness (QED) is 0.293. The van der Waals surface area contributed by atoms with Gasteiger partial charge in [-0.3, -0.25) is 9.97 Å². The second kappa shape index (κ2) is 7.38. The van der Waals surface area contributed by atoms with E-state index >= 15 is 0 Å². The third-order valence-electron chi connectivity index (χ3n) is 4.38. The fourth-order valence-electron chi connectivity index (χ4n) is 3.09. The van der Waals surface area contributed by atoms with E-state index in [2.05, 4.69) is 15.0 Å². The molecule has 0 saturated carbocycles. The Balaban J connectivity index is 2.02. The van der Waals surface area contributed by atoms with Crippen LogP contribution in [0.5, 0.6) is 0 Å². The van der Waals surface area contributed by atoms with Gasteiger partial charge in [0.15, 0.2) is 5.82 Å². The summed E-state index contributed by atoms with van der Waals surface area (Å²) in [5.74, 6) is -0.865. The smallest absolute Gasteiger partial charge is 0.264 e. The molecule has 0 aliphatic carbocycles. The lowest BCUT2D eigenvalue weighted by atomic mass is 10.1. The van der Waals surface area contributed by atoms with E-state index in [9.17, 15) is 26.3 Å². The zero-order chi connectivity index (χ0) is 22.6. The number of pyridine rings is 2. The molecule has 0 aliphatic rings. The number of aromatic nitrogens is 4. The normalized spacial score (nSPS) is 12.5. The molecule has 160 valence electrons. The maximum absolute atomic E-state index is 13.8. The first-order chi connectivity index (χ1) is 14.5. The van der Waals surface area contributed by atoms with Crippen molar-refractivity contribution < 1.29 is 26.3 Å². The van der Waals surface area contributed by atoms with Gasteiger partial charge < -0.3 is 0 Å². The van der Waals surface area contributed by atoms with Crippen molar-refractivity contribution in [2.24, 2.45) is 0 Å². The van der Waals surface area contributed by atoms with Crippen molar-refractivity contribution in [1.82, 2.24) is 19.5 Å². The van der Waals surface area contributed by atoms with Crippen molar-refractivity contribution in [3.8, 4) is 22.6 Å². The van der Waals surface area contributed by atoms with E-state index in [1.807, 2.05) is 0 Å². The Labute approximate surface area is 180 Å². The number of hydrogen-bond acceptors (Lipinski definition) is 3. The number of nitrogens with zero attached hydrogens (tertiary/aromatic N) is 4. The summed E-state index contributed by atoms with van der Waals surface area (Å²) in [7, 11) is 0. The van der Waals surface area contributed by atoms with Crippen LogP contribution in [0.2, 0.25) is 10.0 Å². The summed E-state index contributed by atoms with van der Waals surface area (Å²) in [5.41, 5.74) is -2.73. The molecule has 0 unspecified atom stereocenters. The molecule has 4 rings (SSSR count). The van der Waals surface area contributed by atoms with Crippen LogP contribution in [0.3, 0.4) is 0 Å². The summed E-state index contributed by atoms with van der Waals surface area (Å²) in [6, 6.07) is 5.62. The van der Waals surface area contributed by atoms with Crippen LogP contribution >= 0.6 is 23.2 Å². The minimum atomic E-state index is -5.09. The Hall–Kier alpha value is -2.85. The van der Waals surface area contributed by atoms with E-state index in [0.717, 1.165) is 18.3 Å². The lowest BCUT2D eigenvalue weighted by Gasteiger charge is -2.14. The first-order valence-corrected chi connectivity index (χ1v) is 9.16. The lowest BCUT2D eigenvalue weighted by Crippen LogP contribution is -2.18. The van der Waals surface area contributed by atoms with Gasteiger partial charge in [-0.15, -0.1) is 13.2 Å². The average Bonchev–Trinajstić information content (AvgIpc) is 3.09. The van der Waals surface area contributed by atoms with Gasteiger partial charge in [-0.1, -0.05) is 29.3 Å². The average molecular weight is 477 g/mol. The summed E-state index contributed by atoms with van der Waals surface area (Å²) < 4.78 is 81.3. The van der Waals surface area contributed by atoms with Crippen LogP contribution in [0.1, 0.15) is 5.56 Å². The number of alkyl halides is 6. The number of hydrogen-bond donors (Lipinski definition) is 0. The van der Waals surface area contributed by atoms with Crippen molar-refractivity contribution in [1.29, 1.82) is 0 Å². The van der Waals surface area contributed by atoms with Crippen molar-refractivity contribution in [3.63, 3.8) is 0 Å². The molecule has 12 heteroatoms. The molecule has 3 heterocycles. The molecule has 0 spiro atoms. The first-order valence-electron chi connectivity index (χ1n) is 8.40. The molecular weight excluding hydrogens is 469 g/mol. The van der Waals surface area contributed by atoms with Crippen LogP contribution < -0.4 is 0 Å². The highest BCUT2D eigenvalue weighted by atomic mass is 35.5. The summed E-state index contributed by atoms with van der Waals surface area (Å²) in [5, 5.41) is -0.533. The van der Waals surface area contributed by atoms with Gasteiger partial charge in [0.2, 0.25) is 0 Å². The standard InChI is InChI=1S/C19H8Cl2F6N4/c20-13-10(8-29-15(14(13)21)9-3-2-6-28-7-9)17-30-16-11(18(22,23)24)4-1-5-12(16)31(17)19(25,26)27/h1-8H. The van der Waals surface area contributed by atoms with Gasteiger partial charge in [0, 0.05) is 24.2 Å². The van der Waals surface area contributed by atoms with Crippen LogP contribution in [0.25, 0.3) is 33.7 Å². The van der Waals surface area contributed by atoms with Crippen molar-refractivity contribution in [2.75, 3.05) is 0 Å². The summed E-state index contributed by atoms with van der Waals surface area (Å²) >= 11 is 12.5. The highest BCUT2D eigenvalue weighted by Gasteiger charge is 2.40. The van der Waals surface area contributed by atoms with Crippen LogP contribution in [0.15, 0.2) is 48.9 Å². The van der Waals surface area contributed by atoms with Gasteiger partial charge in [-0.05, 0) is 24.3 Å². The molecule has 31 heavy (non-hydrogen) atoms. The minimum absolute atomic E-state index is 0.147. The summed E-state index contributed by atoms with van der Waals surface area (Å²) in [6.45, 7) is 0. The molecule has 4 aromatic rings. The molecule has 0 aliphatic heterocycles. The van der Waals surface area contributed by atoms with Gasteiger partial charge >= 0.3 is 12.5 Å². The predicted octanol–water partition coefficient (Wildman–Crippen LogP) is 6.96. The largest absolute Gasteiger partial charge is 0.490 e. The Bertz CT molecular complexity index is 1280. The van der Waals surface area contributed by atoms with E-state index in [0.29, 0.717) is 11.6 Å². The monoisotopic (exact) mass is 476 g/mol. The van der Waals surface area contributed by atoms with E-state index in [-0.39, 0.29) is 25.9 Å². The molecule has 0 bridgehead atoms. The molecule has 4 nitrogen and oxygen atoms in total. The number of halogens is 8. The van der Waals surface area contributed by atoms with Crippen molar-refractivity contribution in [2.45, 2.75) is 12.5 Å². The summed E-state index contributed by atoms with van der Waals surface area (Å²) in [4.78, 5) is 11.6. The molecule has 0 saturated heterocycles. The SMILES string of the molecule is FC(F)(F)c1cccc2c1nc(-c1cnc(-c3cccnc3)c(Cl)c1Cl)n2C(F)(F)F. The number of para-hydroxylation sites is 1. The first kappa shape index (κ1) is 21.4. The maximum Gasteiger partial charge on any atom is 0.490 e. The van der Waals surface area contributed by atoms with Gasteiger partial charge in [-0.2, -0.15) is 13.2 Å². The second-order valence-corrected chi connectivity index (χ2v) is 7.06. The Morgan fingerprint density at radius 1 is 0.871 bits per heavy atom. The Kier molecular flexibility index (Phi) is 5.09. The third-order valence-corrected chi connectivity index (χ3v) is 5.24. The third kappa shape index (κ3) is 3.70. The highest BCUT2D eigenvalue weighted by molar-refractivity contribution is 6.45. The molecule has 0 fully saturated rings. The maximum atomic E-state index is 13.8. The van der Waals surface area contributed by atoms with Gasteiger partial charge in [0.1, 0.15) is 5.52 Å². The molecule has 0 N–H and O–H groups in total. The van der Waals surface area contributed by atoms with E-state index in [1.165, 1.54) is 12.4 Å². The van der Waals surface area contributed by atoms with Crippen LogP contribution in [0, 0.1) is 0 Å². The number of benzene rings is 1. The molecule has 0 radical (unpaired) electrons. The minimum Gasteiger partial charge on any atom is -0.264 e. The van der Waals surface area contributed by atoms with Crippen LogP contribution in [0.4, 0.5) is 26.3 Å². The summed E-state index contributed by atoms with van der Waals surface area (Å²) in [6.07, 6.45) is -6.10. The molecule has 3 aromatic heterocycles. The Morgan fingerprint density at radius 3 is 2.23 bits per heavy atom. The zero-order valence-electron chi connectivity index (χ0n) is 14.9. The van der Waals surface area contributed by atoms with Crippen molar-refractivity contribution >= 4 is 34.2 Å². The predicted molar refractivity (Wildman–Crippen MR) is 103 cm³/mol. The van der Waals surface area contributed by atoms with Crippen LogP contribution in [-0.2, 0) is 12.5 Å². The van der Waals surface area contributed by atoms with E-state index < -0.39 is 34.9 Å². The topological polar surface area (TPSA) is 43.6 Å². The van der Waals surface area contributed by atoms with E-state index in [1.54, 1.807) is 12.1 Å². The molecule has 0 atom stereocenters. The van der Waals surface area contributed by atoms with Gasteiger partial charge in [0.05, 0.1) is 32.4 Å². The Morgan fingerprint density at radius 2 is 1.61 bits per heavy atom. The van der Waals surface area contributed by atoms with Crippen LogP contribution in [-0.4, -0.2) is 19.5 Å². The second-order valence-electron chi connectivity index (χ2n) is 6.30. The van der Waals surface area contributed by atoms with Gasteiger partial charge in [0.25, 0.3) is 0 Å². The fraction of sp³-hybridized carbons (Fsp3) is 0.105. The number of imidazole rings is 1. The fourth-order valence-corrected chi connectivity index (χ4v) is 3.57. The molecular formula is C19H8Cl2F6N4. The highest BCUT2D eigenvalue weighted by Crippen LogP contribution is 2.43. The molecule has 0 amide bonds. The number of rotatable bonds is 2. The van der Waals surface area contributed by atoms with Crippen molar-refractivity contribution in [3.05, 3.63) is 64.5 Å².